The summed E-state index contributed by atoms with van der Waals surface area (Å²) in [7, 11) is 2.16. The van der Waals surface area contributed by atoms with Crippen LogP contribution in [0.5, 0.6) is 11.5 Å². The number of likely N-dealkylation sites (N-methyl/N-ethyl adjacent to an activating group) is 1. The lowest BCUT2D eigenvalue weighted by molar-refractivity contribution is 0.313. The molecule has 1 saturated heterocycles. The fraction of sp³-hybridized carbons (Fsp3) is 0.294. The van der Waals surface area contributed by atoms with Crippen molar-refractivity contribution in [2.75, 3.05) is 49.6 Å². The first-order valence-corrected chi connectivity index (χ1v) is 7.48. The molecule has 2 aromatic carbocycles. The second-order valence-corrected chi connectivity index (χ2v) is 5.68. The quantitative estimate of drug-likeness (QED) is 0.852. The summed E-state index contributed by atoms with van der Waals surface area (Å²) in [5.41, 5.74) is 13.8. The fourth-order valence-corrected chi connectivity index (χ4v) is 2.56. The molecule has 0 aromatic heterocycles. The Morgan fingerprint density at radius 1 is 0.864 bits per heavy atom. The predicted octanol–water partition coefficient (Wildman–Crippen LogP) is 2.40. The van der Waals surface area contributed by atoms with Crippen LogP contribution in [0.4, 0.5) is 17.1 Å². The summed E-state index contributed by atoms with van der Waals surface area (Å²) < 4.78 is 5.89. The predicted molar refractivity (Wildman–Crippen MR) is 91.5 cm³/mol. The molecule has 0 aliphatic carbocycles. The number of anilines is 3. The van der Waals surface area contributed by atoms with Crippen LogP contribution in [-0.4, -0.2) is 38.1 Å². The van der Waals surface area contributed by atoms with Gasteiger partial charge in [0.2, 0.25) is 0 Å². The summed E-state index contributed by atoms with van der Waals surface area (Å²) in [5.74, 6) is 1.50. The molecule has 1 heterocycles. The van der Waals surface area contributed by atoms with Crippen LogP contribution in [0, 0.1) is 0 Å². The average Bonchev–Trinajstić information content (AvgIpc) is 2.52. The highest BCUT2D eigenvalue weighted by Crippen LogP contribution is 2.29. The van der Waals surface area contributed by atoms with Crippen molar-refractivity contribution in [3.05, 3.63) is 42.5 Å². The van der Waals surface area contributed by atoms with Crippen molar-refractivity contribution in [2.24, 2.45) is 0 Å². The molecule has 22 heavy (non-hydrogen) atoms. The van der Waals surface area contributed by atoms with Crippen LogP contribution in [0.1, 0.15) is 0 Å². The van der Waals surface area contributed by atoms with Crippen LogP contribution >= 0.6 is 0 Å². The first-order valence-electron chi connectivity index (χ1n) is 7.48. The van der Waals surface area contributed by atoms with E-state index in [1.54, 1.807) is 12.1 Å². The molecule has 4 N–H and O–H groups in total. The molecule has 116 valence electrons. The summed E-state index contributed by atoms with van der Waals surface area (Å²) in [4.78, 5) is 4.72. The molecular weight excluding hydrogens is 276 g/mol. The SMILES string of the molecule is CN1CCN(c2cccc(Oc3ccc(N)c(N)c3)c2)CC1. The smallest absolute Gasteiger partial charge is 0.129 e. The summed E-state index contributed by atoms with van der Waals surface area (Å²) in [6, 6.07) is 13.5. The number of benzene rings is 2. The largest absolute Gasteiger partial charge is 0.457 e. The molecule has 5 heteroatoms. The topological polar surface area (TPSA) is 67.8 Å². The van der Waals surface area contributed by atoms with Gasteiger partial charge in [-0.15, -0.1) is 0 Å². The first kappa shape index (κ1) is 14.5. The number of hydrogen-bond donors (Lipinski definition) is 2. The Labute approximate surface area is 131 Å². The van der Waals surface area contributed by atoms with Crippen molar-refractivity contribution in [3.8, 4) is 11.5 Å². The third kappa shape index (κ3) is 3.26. The van der Waals surface area contributed by atoms with E-state index in [2.05, 4.69) is 29.0 Å². The number of nitrogens with zero attached hydrogens (tertiary/aromatic N) is 2. The highest BCUT2D eigenvalue weighted by atomic mass is 16.5. The van der Waals surface area contributed by atoms with Crippen molar-refractivity contribution >= 4 is 17.1 Å². The second kappa shape index (κ2) is 6.15. The Balaban J connectivity index is 1.74. The van der Waals surface area contributed by atoms with Crippen molar-refractivity contribution in [1.82, 2.24) is 4.90 Å². The van der Waals surface area contributed by atoms with E-state index in [0.717, 1.165) is 31.9 Å². The number of rotatable bonds is 3. The van der Waals surface area contributed by atoms with Gasteiger partial charge < -0.3 is 26.0 Å². The Morgan fingerprint density at radius 2 is 1.59 bits per heavy atom. The van der Waals surface area contributed by atoms with Crippen LogP contribution < -0.4 is 21.1 Å². The van der Waals surface area contributed by atoms with Crippen LogP contribution in [0.2, 0.25) is 0 Å². The molecule has 0 saturated carbocycles. The van der Waals surface area contributed by atoms with Crippen LogP contribution in [0.15, 0.2) is 42.5 Å². The Morgan fingerprint density at radius 3 is 2.32 bits per heavy atom. The molecular formula is C17H22N4O. The second-order valence-electron chi connectivity index (χ2n) is 5.68. The summed E-state index contributed by atoms with van der Waals surface area (Å²) >= 11 is 0. The lowest BCUT2D eigenvalue weighted by Crippen LogP contribution is -2.44. The molecule has 2 aromatic rings. The third-order valence-electron chi connectivity index (χ3n) is 3.98. The molecule has 0 radical (unpaired) electrons. The molecule has 1 fully saturated rings. The van der Waals surface area contributed by atoms with E-state index in [9.17, 15) is 0 Å². The van der Waals surface area contributed by atoms with Gasteiger partial charge in [0, 0.05) is 44.0 Å². The van der Waals surface area contributed by atoms with Gasteiger partial charge in [0.05, 0.1) is 11.4 Å². The van der Waals surface area contributed by atoms with E-state index in [4.69, 9.17) is 16.2 Å². The molecule has 0 bridgehead atoms. The van der Waals surface area contributed by atoms with Gasteiger partial charge in [-0.25, -0.2) is 0 Å². The molecule has 0 unspecified atom stereocenters. The van der Waals surface area contributed by atoms with Crippen LogP contribution in [0.3, 0.4) is 0 Å². The molecule has 0 atom stereocenters. The number of nitrogens with two attached hydrogens (primary N) is 2. The van der Waals surface area contributed by atoms with E-state index in [1.165, 1.54) is 5.69 Å². The Hall–Kier alpha value is -2.40. The molecule has 3 rings (SSSR count). The third-order valence-corrected chi connectivity index (χ3v) is 3.98. The average molecular weight is 298 g/mol. The lowest BCUT2D eigenvalue weighted by Gasteiger charge is -2.34. The van der Waals surface area contributed by atoms with E-state index in [1.807, 2.05) is 18.2 Å². The highest BCUT2D eigenvalue weighted by molar-refractivity contribution is 5.65. The van der Waals surface area contributed by atoms with E-state index < -0.39 is 0 Å². The minimum atomic E-state index is 0.535. The van der Waals surface area contributed by atoms with Crippen molar-refractivity contribution in [3.63, 3.8) is 0 Å². The molecule has 0 amide bonds. The van der Waals surface area contributed by atoms with Gasteiger partial charge in [0.1, 0.15) is 11.5 Å². The standard InChI is InChI=1S/C17H22N4O/c1-20-7-9-21(10-8-20)13-3-2-4-14(11-13)22-15-5-6-16(18)17(19)12-15/h2-6,11-12H,7-10,18-19H2,1H3. The maximum absolute atomic E-state index is 5.89. The Kier molecular flexibility index (Phi) is 4.06. The minimum Gasteiger partial charge on any atom is -0.457 e. The highest BCUT2D eigenvalue weighted by Gasteiger charge is 2.14. The van der Waals surface area contributed by atoms with Crippen LogP contribution in [0.25, 0.3) is 0 Å². The molecule has 5 nitrogen and oxygen atoms in total. The van der Waals surface area contributed by atoms with E-state index in [-0.39, 0.29) is 0 Å². The van der Waals surface area contributed by atoms with Gasteiger partial charge >= 0.3 is 0 Å². The Bertz CT molecular complexity index is 651. The van der Waals surface area contributed by atoms with Gasteiger partial charge in [-0.1, -0.05) is 6.07 Å². The number of nitrogen functional groups attached to an aromatic ring is 2. The van der Waals surface area contributed by atoms with Crippen molar-refractivity contribution < 1.29 is 4.74 Å². The number of ether oxygens (including phenoxy) is 1. The van der Waals surface area contributed by atoms with Crippen LogP contribution in [-0.2, 0) is 0 Å². The van der Waals surface area contributed by atoms with Crippen molar-refractivity contribution in [1.29, 1.82) is 0 Å². The number of piperazine rings is 1. The number of hydrogen-bond acceptors (Lipinski definition) is 5. The minimum absolute atomic E-state index is 0.535. The lowest BCUT2D eigenvalue weighted by atomic mass is 10.2. The van der Waals surface area contributed by atoms with Gasteiger partial charge in [0.25, 0.3) is 0 Å². The van der Waals surface area contributed by atoms with Gasteiger partial charge in [-0.2, -0.15) is 0 Å². The first-order chi connectivity index (χ1) is 10.6. The maximum Gasteiger partial charge on any atom is 0.129 e. The zero-order chi connectivity index (χ0) is 15.5. The van der Waals surface area contributed by atoms with E-state index in [0.29, 0.717) is 17.1 Å². The molecule has 1 aliphatic heterocycles. The monoisotopic (exact) mass is 298 g/mol. The molecule has 1 aliphatic rings. The normalized spacial score (nSPS) is 15.8. The van der Waals surface area contributed by atoms with Gasteiger partial charge in [-0.3, -0.25) is 0 Å². The van der Waals surface area contributed by atoms with E-state index >= 15 is 0 Å². The zero-order valence-electron chi connectivity index (χ0n) is 12.8. The van der Waals surface area contributed by atoms with Gasteiger partial charge in [0.15, 0.2) is 0 Å². The maximum atomic E-state index is 5.89. The summed E-state index contributed by atoms with van der Waals surface area (Å²) in [5, 5.41) is 0. The summed E-state index contributed by atoms with van der Waals surface area (Å²) in [6.07, 6.45) is 0. The summed E-state index contributed by atoms with van der Waals surface area (Å²) in [6.45, 7) is 4.24. The molecule has 0 spiro atoms. The fourth-order valence-electron chi connectivity index (χ4n) is 2.56. The van der Waals surface area contributed by atoms with Crippen molar-refractivity contribution in [2.45, 2.75) is 0 Å². The van der Waals surface area contributed by atoms with Gasteiger partial charge in [-0.05, 0) is 31.3 Å². The zero-order valence-corrected chi connectivity index (χ0v) is 12.8.